The summed E-state index contributed by atoms with van der Waals surface area (Å²) in [5.41, 5.74) is 3.98. The summed E-state index contributed by atoms with van der Waals surface area (Å²) in [5.74, 6) is -12.0. The van der Waals surface area contributed by atoms with Gasteiger partial charge in [0.2, 0.25) is 11.7 Å². The zero-order chi connectivity index (χ0) is 53.4. The maximum Gasteiger partial charge on any atom is 0.331 e. The maximum atomic E-state index is 15.3. The molecule has 0 aromatic heterocycles. The number of hydrazine groups is 2. The van der Waals surface area contributed by atoms with Gasteiger partial charge in [0.25, 0.3) is 29.5 Å². The number of carbonyl (C=O) groups is 8. The van der Waals surface area contributed by atoms with Crippen LogP contribution < -0.4 is 21.5 Å². The molecule has 13 atom stereocenters. The average molecular weight is 1010 g/mol. The largest absolute Gasteiger partial charge is 0.458 e. The molecule has 0 aliphatic carbocycles. The number of methoxy groups -OCH3 is 1. The molecule has 1 unspecified atom stereocenters. The number of hydroxylamine groups is 2. The van der Waals surface area contributed by atoms with E-state index in [1.54, 1.807) is 39.8 Å². The van der Waals surface area contributed by atoms with Crippen molar-refractivity contribution < 1.29 is 73.1 Å². The van der Waals surface area contributed by atoms with Gasteiger partial charge in [0.1, 0.15) is 30.3 Å². The minimum Gasteiger partial charge on any atom is -0.458 e. The number of carbonyl (C=O) groups excluding carboxylic acids is 8. The van der Waals surface area contributed by atoms with Crippen molar-refractivity contribution in [2.75, 3.05) is 33.9 Å². The molecule has 71 heavy (non-hydrogen) atoms. The highest BCUT2D eigenvalue weighted by Crippen LogP contribution is 2.42. The molecule has 6 amide bonds. The number of ketones is 1. The Bertz CT molecular complexity index is 2050. The quantitative estimate of drug-likeness (QED) is 0.0541. The number of rotatable bonds is 12. The summed E-state index contributed by atoms with van der Waals surface area (Å²) >= 11 is 0. The molecule has 4 rings (SSSR count). The predicted molar refractivity (Wildman–Crippen MR) is 253 cm³/mol. The molecule has 0 spiro atoms. The minimum atomic E-state index is -2.82. The lowest BCUT2D eigenvalue weighted by Gasteiger charge is -2.49. The number of allylic oxidation sites excluding steroid dienone is 3. The van der Waals surface area contributed by atoms with Gasteiger partial charge in [-0.3, -0.25) is 48.8 Å². The smallest absolute Gasteiger partial charge is 0.331 e. The second kappa shape index (κ2) is 24.7. The summed E-state index contributed by atoms with van der Waals surface area (Å²) in [6.45, 7) is 15.5. The first-order valence-electron chi connectivity index (χ1n) is 24.6. The molecule has 0 aromatic carbocycles. The van der Waals surface area contributed by atoms with E-state index in [-0.39, 0.29) is 62.0 Å². The standard InChI is InChI=1S/C48H78N8O15/c1-13-26(5)37(58)28(7)23-29(8)39-27(6)19-20-48(67,71-39)47(66,14-2)46(65)52-36-38(25(3)4)70-45(64)35(31(10)57)51-40(59)32-17-15-21-49-54(32)41(60)30(9)53(11)42(61)34(24-69-12)56(68)43(62)33-18-16-22-50-55(33)44(36)63/h13,23,25,27-28,30-36,38-39,49-50,57,66-68H,14-22,24H2,1-12H3,(H,51,59)(H,52,65)/b26-13+,29-23+/t27-,28?,30+,31-,32-,33+,34-,35+,36-,38-,39-,47+,48+/m0/s1. The molecule has 4 heterocycles. The van der Waals surface area contributed by atoms with E-state index in [1.807, 2.05) is 6.92 Å². The highest BCUT2D eigenvalue weighted by molar-refractivity contribution is 5.98. The van der Waals surface area contributed by atoms with Gasteiger partial charge in [-0.05, 0) is 96.1 Å². The zero-order valence-electron chi connectivity index (χ0n) is 43.2. The molecule has 23 heteroatoms. The first kappa shape index (κ1) is 58.7. The van der Waals surface area contributed by atoms with Crippen molar-refractivity contribution in [1.82, 2.24) is 41.5 Å². The highest BCUT2D eigenvalue weighted by atomic mass is 16.7. The van der Waals surface area contributed by atoms with Crippen molar-refractivity contribution in [1.29, 1.82) is 0 Å². The molecule has 4 fully saturated rings. The van der Waals surface area contributed by atoms with E-state index in [1.165, 1.54) is 48.8 Å². The van der Waals surface area contributed by atoms with Gasteiger partial charge in [0, 0.05) is 39.6 Å². The third kappa shape index (κ3) is 12.7. The Morgan fingerprint density at radius 1 is 0.944 bits per heavy atom. The summed E-state index contributed by atoms with van der Waals surface area (Å²) in [5, 5.41) is 54.4. The van der Waals surface area contributed by atoms with Gasteiger partial charge in [0.05, 0.1) is 18.8 Å². The van der Waals surface area contributed by atoms with Crippen LogP contribution in [-0.2, 0) is 52.6 Å². The normalized spacial score (nSPS) is 32.4. The fraction of sp³-hybridized carbons (Fsp3) is 0.750. The van der Waals surface area contributed by atoms with E-state index in [0.717, 1.165) is 14.9 Å². The summed E-state index contributed by atoms with van der Waals surface area (Å²) in [6.07, 6.45) is -0.710. The van der Waals surface area contributed by atoms with Crippen LogP contribution in [0.3, 0.4) is 0 Å². The molecule has 0 radical (unpaired) electrons. The number of likely N-dealkylation sites (N-methyl/N-ethyl adjacent to an activating group) is 1. The van der Waals surface area contributed by atoms with Gasteiger partial charge >= 0.3 is 5.97 Å². The zero-order valence-corrected chi connectivity index (χ0v) is 43.2. The highest BCUT2D eigenvalue weighted by Gasteiger charge is 2.59. The SMILES string of the molecule is C/C=C(\C)C(=O)C(C)/C=C(\C)[C@H]1O[C@@](O)([C@@](O)(CC)C(=O)N[C@@H]2C(=O)N3NCCC[C@@H]3C(=O)N(O)[C@@H](COC)C(=O)N(C)[C@H](C)C(=O)N3NCCC[C@H]3C(=O)N[C@H]([C@H](C)O)C(=O)O[C@H]2C(C)C)CC[C@@H]1C. The van der Waals surface area contributed by atoms with Crippen molar-refractivity contribution in [3.8, 4) is 0 Å². The molecule has 8 N–H and O–H groups in total. The van der Waals surface area contributed by atoms with Crippen LogP contribution in [0.2, 0.25) is 0 Å². The number of ether oxygens (including phenoxy) is 3. The number of fused-ring (bicyclic) bond motifs is 2. The number of hydrogen-bond donors (Lipinski definition) is 8. The van der Waals surface area contributed by atoms with Gasteiger partial charge in [-0.2, -0.15) is 0 Å². The predicted octanol–water partition coefficient (Wildman–Crippen LogP) is -0.248. The number of cyclic esters (lactones) is 1. The summed E-state index contributed by atoms with van der Waals surface area (Å²) in [4.78, 5) is 115. The van der Waals surface area contributed by atoms with Crippen molar-refractivity contribution in [2.24, 2.45) is 17.8 Å². The Balaban J connectivity index is 1.87. The van der Waals surface area contributed by atoms with Gasteiger partial charge in [0.15, 0.2) is 23.5 Å². The lowest BCUT2D eigenvalue weighted by molar-refractivity contribution is -0.325. The molecule has 4 saturated heterocycles. The summed E-state index contributed by atoms with van der Waals surface area (Å²) in [7, 11) is 2.47. The topological polar surface area (TPSA) is 306 Å². The number of nitrogens with zero attached hydrogens (tertiary/aromatic N) is 4. The van der Waals surface area contributed by atoms with Gasteiger partial charge in [-0.1, -0.05) is 46.8 Å². The fourth-order valence-electron chi connectivity index (χ4n) is 9.52. The molecule has 4 aliphatic heterocycles. The molecule has 4 aliphatic rings. The first-order chi connectivity index (χ1) is 33.2. The fourth-order valence-corrected chi connectivity index (χ4v) is 9.52. The molecule has 400 valence electrons. The minimum absolute atomic E-state index is 0.0792. The number of nitrogens with one attached hydrogen (secondary N) is 4. The third-order valence-corrected chi connectivity index (χ3v) is 14.3. The molecular formula is C48H78N8O15. The van der Waals surface area contributed by atoms with Crippen LogP contribution in [-0.4, -0.2) is 188 Å². The Morgan fingerprint density at radius 2 is 1.54 bits per heavy atom. The Morgan fingerprint density at radius 3 is 2.08 bits per heavy atom. The number of amides is 6. The Hall–Kier alpha value is -4.88. The molecular weight excluding hydrogens is 929 g/mol. The van der Waals surface area contributed by atoms with Crippen molar-refractivity contribution in [3.63, 3.8) is 0 Å². The van der Waals surface area contributed by atoms with Gasteiger partial charge < -0.3 is 45.1 Å². The van der Waals surface area contributed by atoms with Crippen LogP contribution >= 0.6 is 0 Å². The lowest BCUT2D eigenvalue weighted by atomic mass is 9.78. The van der Waals surface area contributed by atoms with Crippen LogP contribution in [0.1, 0.15) is 114 Å². The second-order valence-corrected chi connectivity index (χ2v) is 19.7. The van der Waals surface area contributed by atoms with Crippen LogP contribution in [0.25, 0.3) is 0 Å². The number of aliphatic hydroxyl groups is 3. The number of hydrogen-bond acceptors (Lipinski definition) is 17. The number of aliphatic hydroxyl groups excluding tert-OH is 1. The Labute approximate surface area is 415 Å². The third-order valence-electron chi connectivity index (χ3n) is 14.3. The summed E-state index contributed by atoms with van der Waals surface area (Å²) < 4.78 is 17.5. The Kier molecular flexibility index (Phi) is 20.4. The van der Waals surface area contributed by atoms with Crippen LogP contribution in [0.5, 0.6) is 0 Å². The molecule has 0 saturated carbocycles. The van der Waals surface area contributed by atoms with Crippen LogP contribution in [0, 0.1) is 17.8 Å². The van der Waals surface area contributed by atoms with E-state index in [9.17, 15) is 54.1 Å². The van der Waals surface area contributed by atoms with Crippen molar-refractivity contribution >= 4 is 47.2 Å². The second-order valence-electron chi connectivity index (χ2n) is 19.7. The van der Waals surface area contributed by atoms with Crippen molar-refractivity contribution in [2.45, 2.75) is 180 Å². The maximum absolute atomic E-state index is 15.3. The first-order valence-corrected chi connectivity index (χ1v) is 24.6. The van der Waals surface area contributed by atoms with E-state index in [4.69, 9.17) is 14.2 Å². The van der Waals surface area contributed by atoms with Crippen LogP contribution in [0.4, 0.5) is 0 Å². The molecule has 0 aromatic rings. The van der Waals surface area contributed by atoms with E-state index in [0.29, 0.717) is 17.6 Å². The van der Waals surface area contributed by atoms with E-state index < -0.39 is 132 Å². The van der Waals surface area contributed by atoms with E-state index >= 15 is 4.79 Å². The van der Waals surface area contributed by atoms with Gasteiger partial charge in [-0.25, -0.2) is 20.7 Å². The van der Waals surface area contributed by atoms with E-state index in [2.05, 4.69) is 21.5 Å². The molecule has 0 bridgehead atoms. The number of Topliss-reactive ketones (excluding diaryl/α,β-unsaturated/α-hetero) is 1. The number of esters is 1. The van der Waals surface area contributed by atoms with Crippen LogP contribution in [0.15, 0.2) is 23.3 Å². The van der Waals surface area contributed by atoms with Crippen molar-refractivity contribution in [3.05, 3.63) is 23.3 Å². The molecule has 23 nitrogen and oxygen atoms in total. The van der Waals surface area contributed by atoms with Gasteiger partial charge in [-0.15, -0.1) is 0 Å². The average Bonchev–Trinajstić information content (AvgIpc) is 3.35. The summed E-state index contributed by atoms with van der Waals surface area (Å²) in [6, 6.07) is -9.79. The lowest BCUT2D eigenvalue weighted by Crippen LogP contribution is -2.71. The monoisotopic (exact) mass is 1010 g/mol.